The fraction of sp³-hybridized carbons (Fsp3) is 0.529. The molecular weight excluding hydrogens is 310 g/mol. The summed E-state index contributed by atoms with van der Waals surface area (Å²) < 4.78 is 27.7. The van der Waals surface area contributed by atoms with Gasteiger partial charge in [0.05, 0.1) is 4.90 Å². The number of rotatable bonds is 5. The lowest BCUT2D eigenvalue weighted by molar-refractivity contribution is 0.233. The van der Waals surface area contributed by atoms with E-state index in [2.05, 4.69) is 14.6 Å². The van der Waals surface area contributed by atoms with Crippen LogP contribution in [-0.4, -0.2) is 44.5 Å². The van der Waals surface area contributed by atoms with Crippen LogP contribution in [0.15, 0.2) is 23.1 Å². The van der Waals surface area contributed by atoms with Crippen molar-refractivity contribution in [1.82, 2.24) is 14.6 Å². The van der Waals surface area contributed by atoms with E-state index in [0.717, 1.165) is 41.8 Å². The molecular formula is C17H25N3O2S. The minimum atomic E-state index is -3.45. The van der Waals surface area contributed by atoms with Crippen LogP contribution in [0.25, 0.3) is 10.9 Å². The number of aryl methyl sites for hydroxylation is 2. The maximum absolute atomic E-state index is 12.5. The van der Waals surface area contributed by atoms with Crippen molar-refractivity contribution < 1.29 is 8.42 Å². The van der Waals surface area contributed by atoms with Crippen LogP contribution in [0.3, 0.4) is 0 Å². The van der Waals surface area contributed by atoms with Crippen LogP contribution in [0.2, 0.25) is 0 Å². The van der Waals surface area contributed by atoms with Crippen LogP contribution in [-0.2, 0) is 10.0 Å². The van der Waals surface area contributed by atoms with Gasteiger partial charge in [-0.3, -0.25) is 0 Å². The first-order chi connectivity index (χ1) is 11.0. The molecule has 126 valence electrons. The summed E-state index contributed by atoms with van der Waals surface area (Å²) in [4.78, 5) is 5.94. The second kappa shape index (κ2) is 6.63. The van der Waals surface area contributed by atoms with Crippen LogP contribution < -0.4 is 4.72 Å². The van der Waals surface area contributed by atoms with Gasteiger partial charge in [0.25, 0.3) is 0 Å². The molecule has 2 N–H and O–H groups in total. The van der Waals surface area contributed by atoms with Crippen LogP contribution in [0, 0.1) is 13.8 Å². The van der Waals surface area contributed by atoms with Gasteiger partial charge in [0.2, 0.25) is 10.0 Å². The average molecular weight is 335 g/mol. The molecule has 0 radical (unpaired) electrons. The Morgan fingerprint density at radius 2 is 1.91 bits per heavy atom. The van der Waals surface area contributed by atoms with Gasteiger partial charge in [0, 0.05) is 29.7 Å². The number of hydrogen-bond donors (Lipinski definition) is 2. The van der Waals surface area contributed by atoms with Crippen LogP contribution >= 0.6 is 0 Å². The highest BCUT2D eigenvalue weighted by Crippen LogP contribution is 2.24. The number of aromatic nitrogens is 1. The number of sulfonamides is 1. The smallest absolute Gasteiger partial charge is 0.240 e. The standard InChI is InChI=1S/C17H25N3O2S/c1-13-14(2)19-17-7-6-15(12-16(13)17)23(21,22)18-8-11-20-9-4-3-5-10-20/h6-7,12,18-19H,3-5,8-11H2,1-2H3. The monoisotopic (exact) mass is 335 g/mol. The predicted molar refractivity (Wildman–Crippen MR) is 93.3 cm³/mol. The van der Waals surface area contributed by atoms with Crippen molar-refractivity contribution in [2.45, 2.75) is 38.0 Å². The zero-order chi connectivity index (χ0) is 16.4. The average Bonchev–Trinajstić information content (AvgIpc) is 2.83. The predicted octanol–water partition coefficient (Wildman–Crippen LogP) is 2.55. The number of nitrogens with zero attached hydrogens (tertiary/aromatic N) is 1. The first kappa shape index (κ1) is 16.5. The highest BCUT2D eigenvalue weighted by Gasteiger charge is 2.17. The molecule has 0 saturated carbocycles. The minimum absolute atomic E-state index is 0.339. The van der Waals surface area contributed by atoms with Crippen molar-refractivity contribution in [3.05, 3.63) is 29.5 Å². The van der Waals surface area contributed by atoms with Crippen molar-refractivity contribution in [3.8, 4) is 0 Å². The zero-order valence-corrected chi connectivity index (χ0v) is 14.7. The molecule has 1 aliphatic rings. The fourth-order valence-corrected chi connectivity index (χ4v) is 4.26. The maximum atomic E-state index is 12.5. The van der Waals surface area contributed by atoms with Crippen LogP contribution in [0.4, 0.5) is 0 Å². The molecule has 0 unspecified atom stereocenters. The molecule has 0 atom stereocenters. The summed E-state index contributed by atoms with van der Waals surface area (Å²) in [5.41, 5.74) is 3.16. The minimum Gasteiger partial charge on any atom is -0.358 e. The Kier molecular flexibility index (Phi) is 4.75. The zero-order valence-electron chi connectivity index (χ0n) is 13.9. The summed E-state index contributed by atoms with van der Waals surface area (Å²) in [7, 11) is -3.45. The van der Waals surface area contributed by atoms with E-state index in [1.807, 2.05) is 19.9 Å². The molecule has 0 spiro atoms. The second-order valence-corrected chi connectivity index (χ2v) is 8.15. The lowest BCUT2D eigenvalue weighted by Crippen LogP contribution is -2.37. The largest absolute Gasteiger partial charge is 0.358 e. The van der Waals surface area contributed by atoms with Crippen molar-refractivity contribution in [1.29, 1.82) is 0 Å². The third kappa shape index (κ3) is 3.59. The van der Waals surface area contributed by atoms with E-state index in [1.54, 1.807) is 12.1 Å². The highest BCUT2D eigenvalue weighted by molar-refractivity contribution is 7.89. The summed E-state index contributed by atoms with van der Waals surface area (Å²) in [6, 6.07) is 5.27. The Labute approximate surface area is 138 Å². The van der Waals surface area contributed by atoms with Crippen LogP contribution in [0.5, 0.6) is 0 Å². The summed E-state index contributed by atoms with van der Waals surface area (Å²) >= 11 is 0. The Morgan fingerprint density at radius 3 is 2.65 bits per heavy atom. The molecule has 1 aromatic heterocycles. The van der Waals surface area contributed by atoms with Gasteiger partial charge in [-0.1, -0.05) is 6.42 Å². The molecule has 1 saturated heterocycles. The number of fused-ring (bicyclic) bond motifs is 1. The topological polar surface area (TPSA) is 65.2 Å². The summed E-state index contributed by atoms with van der Waals surface area (Å²) in [5.74, 6) is 0. The van der Waals surface area contributed by atoms with E-state index in [9.17, 15) is 8.42 Å². The molecule has 1 aliphatic heterocycles. The van der Waals surface area contributed by atoms with Gasteiger partial charge < -0.3 is 9.88 Å². The third-order valence-electron chi connectivity index (χ3n) is 4.76. The third-order valence-corrected chi connectivity index (χ3v) is 6.22. The molecule has 1 aromatic carbocycles. The molecule has 0 amide bonds. The van der Waals surface area contributed by atoms with Gasteiger partial charge in [-0.25, -0.2) is 13.1 Å². The molecule has 23 heavy (non-hydrogen) atoms. The van der Waals surface area contributed by atoms with Gasteiger partial charge in [0.15, 0.2) is 0 Å². The molecule has 5 nitrogen and oxygen atoms in total. The first-order valence-corrected chi connectivity index (χ1v) is 9.77. The number of nitrogens with one attached hydrogen (secondary N) is 2. The number of H-pyrrole nitrogens is 1. The van der Waals surface area contributed by atoms with Crippen molar-refractivity contribution >= 4 is 20.9 Å². The van der Waals surface area contributed by atoms with E-state index in [0.29, 0.717) is 11.4 Å². The number of benzene rings is 1. The van der Waals surface area contributed by atoms with E-state index in [1.165, 1.54) is 19.3 Å². The molecule has 2 heterocycles. The second-order valence-electron chi connectivity index (χ2n) is 6.38. The normalized spacial score (nSPS) is 17.0. The van der Waals surface area contributed by atoms with Gasteiger partial charge >= 0.3 is 0 Å². The quantitative estimate of drug-likeness (QED) is 0.882. The van der Waals surface area contributed by atoms with Gasteiger partial charge in [0.1, 0.15) is 0 Å². The van der Waals surface area contributed by atoms with Crippen molar-refractivity contribution in [3.63, 3.8) is 0 Å². The fourth-order valence-electron chi connectivity index (χ4n) is 3.21. The lowest BCUT2D eigenvalue weighted by Gasteiger charge is -2.26. The van der Waals surface area contributed by atoms with E-state index in [4.69, 9.17) is 0 Å². The van der Waals surface area contributed by atoms with E-state index >= 15 is 0 Å². The van der Waals surface area contributed by atoms with Crippen molar-refractivity contribution in [2.24, 2.45) is 0 Å². The molecule has 6 heteroatoms. The van der Waals surface area contributed by atoms with Crippen LogP contribution in [0.1, 0.15) is 30.5 Å². The maximum Gasteiger partial charge on any atom is 0.240 e. The molecule has 2 aromatic rings. The highest BCUT2D eigenvalue weighted by atomic mass is 32.2. The van der Waals surface area contributed by atoms with Gasteiger partial charge in [-0.2, -0.15) is 0 Å². The lowest BCUT2D eigenvalue weighted by atomic mass is 10.1. The van der Waals surface area contributed by atoms with Gasteiger partial charge in [-0.05, 0) is 63.5 Å². The summed E-state index contributed by atoms with van der Waals surface area (Å²) in [6.07, 6.45) is 3.72. The Balaban J connectivity index is 1.70. The van der Waals surface area contributed by atoms with E-state index < -0.39 is 10.0 Å². The Hall–Kier alpha value is -1.37. The summed E-state index contributed by atoms with van der Waals surface area (Å²) in [6.45, 7) is 7.41. The summed E-state index contributed by atoms with van der Waals surface area (Å²) in [5, 5.41) is 0.974. The first-order valence-electron chi connectivity index (χ1n) is 8.28. The number of likely N-dealkylation sites (tertiary alicyclic amines) is 1. The number of piperidine rings is 1. The molecule has 0 aliphatic carbocycles. The molecule has 1 fully saturated rings. The van der Waals surface area contributed by atoms with Crippen molar-refractivity contribution in [2.75, 3.05) is 26.2 Å². The number of aromatic amines is 1. The SMILES string of the molecule is Cc1[nH]c2ccc(S(=O)(=O)NCCN3CCCCC3)cc2c1C. The van der Waals surface area contributed by atoms with E-state index in [-0.39, 0.29) is 0 Å². The van der Waals surface area contributed by atoms with Gasteiger partial charge in [-0.15, -0.1) is 0 Å². The molecule has 0 bridgehead atoms. The Morgan fingerprint density at radius 1 is 1.17 bits per heavy atom. The Bertz CT molecular complexity index is 790. The number of hydrogen-bond acceptors (Lipinski definition) is 3. The molecule has 3 rings (SSSR count).